The van der Waals surface area contributed by atoms with Crippen LogP contribution >= 0.6 is 0 Å². The van der Waals surface area contributed by atoms with Gasteiger partial charge in [-0.3, -0.25) is 4.79 Å². The molecule has 1 aromatic rings. The molecule has 19 heavy (non-hydrogen) atoms. The standard InChI is InChI=1S/C15H18O4/c1-2-19-15(17)9-8-14(16)10-11-18-12-13-6-4-3-5-7-13/h3-9H,2,10-12H2,1H3/b9-8+. The molecule has 4 nitrogen and oxygen atoms in total. The van der Waals surface area contributed by atoms with Crippen molar-refractivity contribution >= 4 is 11.8 Å². The lowest BCUT2D eigenvalue weighted by Gasteiger charge is -2.02. The molecule has 102 valence electrons. The van der Waals surface area contributed by atoms with E-state index in [1.54, 1.807) is 6.92 Å². The van der Waals surface area contributed by atoms with E-state index in [2.05, 4.69) is 4.74 Å². The van der Waals surface area contributed by atoms with Crippen molar-refractivity contribution in [3.63, 3.8) is 0 Å². The fourth-order valence-corrected chi connectivity index (χ4v) is 1.37. The van der Waals surface area contributed by atoms with Crippen molar-refractivity contribution in [3.8, 4) is 0 Å². The first-order valence-electron chi connectivity index (χ1n) is 6.21. The molecule has 0 aliphatic rings. The number of rotatable bonds is 8. The molecule has 0 fully saturated rings. The van der Waals surface area contributed by atoms with E-state index < -0.39 is 5.97 Å². The van der Waals surface area contributed by atoms with Gasteiger partial charge < -0.3 is 9.47 Å². The summed E-state index contributed by atoms with van der Waals surface area (Å²) >= 11 is 0. The molecule has 1 rings (SSSR count). The fourth-order valence-electron chi connectivity index (χ4n) is 1.37. The lowest BCUT2D eigenvalue weighted by Crippen LogP contribution is -2.04. The van der Waals surface area contributed by atoms with E-state index in [4.69, 9.17) is 4.74 Å². The van der Waals surface area contributed by atoms with Crippen molar-refractivity contribution in [3.05, 3.63) is 48.0 Å². The summed E-state index contributed by atoms with van der Waals surface area (Å²) in [6.07, 6.45) is 2.62. The molecular weight excluding hydrogens is 244 g/mol. The number of allylic oxidation sites excluding steroid dienone is 1. The molecule has 0 unspecified atom stereocenters. The summed E-state index contributed by atoms with van der Waals surface area (Å²) < 4.78 is 10.0. The first-order valence-corrected chi connectivity index (χ1v) is 6.21. The Morgan fingerprint density at radius 2 is 1.89 bits per heavy atom. The highest BCUT2D eigenvalue weighted by molar-refractivity contribution is 5.95. The number of ether oxygens (including phenoxy) is 2. The van der Waals surface area contributed by atoms with Gasteiger partial charge >= 0.3 is 5.97 Å². The van der Waals surface area contributed by atoms with E-state index in [0.29, 0.717) is 19.8 Å². The van der Waals surface area contributed by atoms with Crippen LogP contribution in [0.15, 0.2) is 42.5 Å². The van der Waals surface area contributed by atoms with Gasteiger partial charge in [0.25, 0.3) is 0 Å². The van der Waals surface area contributed by atoms with Crippen LogP contribution < -0.4 is 0 Å². The molecule has 0 bridgehead atoms. The summed E-state index contributed by atoms with van der Waals surface area (Å²) in [6.45, 7) is 2.83. The van der Waals surface area contributed by atoms with Crippen LogP contribution in [-0.4, -0.2) is 25.0 Å². The largest absolute Gasteiger partial charge is 0.463 e. The van der Waals surface area contributed by atoms with Crippen molar-refractivity contribution in [1.29, 1.82) is 0 Å². The smallest absolute Gasteiger partial charge is 0.330 e. The van der Waals surface area contributed by atoms with Gasteiger partial charge in [0.2, 0.25) is 0 Å². The number of esters is 1. The predicted molar refractivity (Wildman–Crippen MR) is 71.5 cm³/mol. The molecule has 0 spiro atoms. The molecule has 0 N–H and O–H groups in total. The van der Waals surface area contributed by atoms with Gasteiger partial charge in [-0.25, -0.2) is 4.79 Å². The molecule has 0 saturated heterocycles. The topological polar surface area (TPSA) is 52.6 Å². The number of benzene rings is 1. The van der Waals surface area contributed by atoms with Gasteiger partial charge in [-0.05, 0) is 18.6 Å². The molecular formula is C15H18O4. The van der Waals surface area contributed by atoms with Crippen LogP contribution in [0.3, 0.4) is 0 Å². The maximum atomic E-state index is 11.4. The quantitative estimate of drug-likeness (QED) is 0.410. The van der Waals surface area contributed by atoms with Crippen molar-refractivity contribution in [2.45, 2.75) is 20.0 Å². The van der Waals surface area contributed by atoms with Crippen LogP contribution in [-0.2, 0) is 25.7 Å². The Kier molecular flexibility index (Phi) is 7.20. The van der Waals surface area contributed by atoms with Crippen LogP contribution in [0.2, 0.25) is 0 Å². The van der Waals surface area contributed by atoms with Crippen LogP contribution in [0.1, 0.15) is 18.9 Å². The Bertz CT molecular complexity index is 423. The zero-order valence-corrected chi connectivity index (χ0v) is 11.0. The molecule has 1 aromatic carbocycles. The summed E-state index contributed by atoms with van der Waals surface area (Å²) in [7, 11) is 0. The van der Waals surface area contributed by atoms with Crippen molar-refractivity contribution < 1.29 is 19.1 Å². The second-order valence-electron chi connectivity index (χ2n) is 3.84. The van der Waals surface area contributed by atoms with Gasteiger partial charge in [0.05, 0.1) is 19.8 Å². The van der Waals surface area contributed by atoms with E-state index in [1.807, 2.05) is 30.3 Å². The molecule has 0 aromatic heterocycles. The minimum Gasteiger partial charge on any atom is -0.463 e. The number of ketones is 1. The van der Waals surface area contributed by atoms with Gasteiger partial charge in [0.15, 0.2) is 5.78 Å². The van der Waals surface area contributed by atoms with Crippen molar-refractivity contribution in [2.75, 3.05) is 13.2 Å². The van der Waals surface area contributed by atoms with E-state index in [9.17, 15) is 9.59 Å². The maximum Gasteiger partial charge on any atom is 0.330 e. The maximum absolute atomic E-state index is 11.4. The third-order valence-corrected chi connectivity index (χ3v) is 2.30. The average Bonchev–Trinajstić information content (AvgIpc) is 2.43. The minimum absolute atomic E-state index is 0.152. The number of carbonyl (C=O) groups is 2. The van der Waals surface area contributed by atoms with E-state index in [0.717, 1.165) is 11.6 Å². The Morgan fingerprint density at radius 1 is 1.16 bits per heavy atom. The highest BCUT2D eigenvalue weighted by Gasteiger charge is 2.00. The van der Waals surface area contributed by atoms with Crippen molar-refractivity contribution in [2.24, 2.45) is 0 Å². The van der Waals surface area contributed by atoms with Gasteiger partial charge in [-0.1, -0.05) is 30.3 Å². The Balaban J connectivity index is 2.15. The van der Waals surface area contributed by atoms with Gasteiger partial charge in [-0.2, -0.15) is 0 Å². The summed E-state index contributed by atoms with van der Waals surface area (Å²) in [5, 5.41) is 0. The second-order valence-corrected chi connectivity index (χ2v) is 3.84. The van der Waals surface area contributed by atoms with Gasteiger partial charge in [0.1, 0.15) is 0 Å². The zero-order chi connectivity index (χ0) is 13.9. The first kappa shape index (κ1) is 15.1. The molecule has 0 aliphatic heterocycles. The minimum atomic E-state index is -0.499. The molecule has 4 heteroatoms. The summed E-state index contributed by atoms with van der Waals surface area (Å²) in [5.41, 5.74) is 1.07. The zero-order valence-electron chi connectivity index (χ0n) is 11.0. The lowest BCUT2D eigenvalue weighted by molar-refractivity contribution is -0.137. The monoisotopic (exact) mass is 262 g/mol. The molecule has 0 radical (unpaired) electrons. The Hall–Kier alpha value is -1.94. The summed E-state index contributed by atoms with van der Waals surface area (Å²) in [5.74, 6) is -0.651. The van der Waals surface area contributed by atoms with Crippen molar-refractivity contribution in [1.82, 2.24) is 0 Å². The highest BCUT2D eigenvalue weighted by Crippen LogP contribution is 2.01. The SMILES string of the molecule is CCOC(=O)/C=C/C(=O)CCOCc1ccccc1. The van der Waals surface area contributed by atoms with Gasteiger partial charge in [-0.15, -0.1) is 0 Å². The molecule has 0 amide bonds. The Labute approximate surface area is 113 Å². The van der Waals surface area contributed by atoms with E-state index in [1.165, 1.54) is 6.08 Å². The van der Waals surface area contributed by atoms with Crippen LogP contribution in [0.4, 0.5) is 0 Å². The van der Waals surface area contributed by atoms with E-state index >= 15 is 0 Å². The molecule has 0 saturated carbocycles. The average molecular weight is 262 g/mol. The fraction of sp³-hybridized carbons (Fsp3) is 0.333. The highest BCUT2D eigenvalue weighted by atomic mass is 16.5. The summed E-state index contributed by atoms with van der Waals surface area (Å²) in [4.78, 5) is 22.4. The van der Waals surface area contributed by atoms with Crippen LogP contribution in [0, 0.1) is 0 Å². The lowest BCUT2D eigenvalue weighted by atomic mass is 10.2. The van der Waals surface area contributed by atoms with E-state index in [-0.39, 0.29) is 12.2 Å². The number of hydrogen-bond donors (Lipinski definition) is 0. The Morgan fingerprint density at radius 3 is 2.58 bits per heavy atom. The number of hydrogen-bond acceptors (Lipinski definition) is 4. The van der Waals surface area contributed by atoms with Gasteiger partial charge in [0, 0.05) is 12.5 Å². The normalized spacial score (nSPS) is 10.6. The molecule has 0 atom stereocenters. The summed E-state index contributed by atoms with van der Waals surface area (Å²) in [6, 6.07) is 9.73. The second kappa shape index (κ2) is 9.05. The van der Waals surface area contributed by atoms with Crippen LogP contribution in [0.25, 0.3) is 0 Å². The predicted octanol–water partition coefficient (Wildman–Crippen LogP) is 2.28. The third kappa shape index (κ3) is 7.16. The first-order chi connectivity index (χ1) is 9.22. The number of carbonyl (C=O) groups excluding carboxylic acids is 2. The molecule has 0 aliphatic carbocycles. The van der Waals surface area contributed by atoms with Crippen LogP contribution in [0.5, 0.6) is 0 Å². The molecule has 0 heterocycles. The third-order valence-electron chi connectivity index (χ3n) is 2.30.